The highest BCUT2D eigenvalue weighted by atomic mass is 16.5. The number of nitrogens with two attached hydrogens (primary N) is 1. The minimum absolute atomic E-state index is 0.549. The van der Waals surface area contributed by atoms with Crippen molar-refractivity contribution in [2.24, 2.45) is 11.7 Å². The lowest BCUT2D eigenvalue weighted by molar-refractivity contribution is 0.344. The smallest absolute Gasteiger partial charge is 0.226 e. The van der Waals surface area contributed by atoms with Crippen molar-refractivity contribution < 1.29 is 4.52 Å². The van der Waals surface area contributed by atoms with Gasteiger partial charge in [0.2, 0.25) is 5.89 Å². The van der Waals surface area contributed by atoms with Gasteiger partial charge in [0.1, 0.15) is 0 Å². The number of aryl methyl sites for hydroxylation is 1. The highest BCUT2D eigenvalue weighted by Crippen LogP contribution is 2.32. The van der Waals surface area contributed by atoms with Gasteiger partial charge in [-0.1, -0.05) is 37.8 Å². The molecule has 4 nitrogen and oxygen atoms in total. The summed E-state index contributed by atoms with van der Waals surface area (Å²) < 4.78 is 5.39. The second-order valence-corrected chi connectivity index (χ2v) is 5.80. The molecule has 0 amide bonds. The topological polar surface area (TPSA) is 64.9 Å². The Kier molecular flexibility index (Phi) is 5.83. The molecule has 0 radical (unpaired) electrons. The van der Waals surface area contributed by atoms with Gasteiger partial charge < -0.3 is 10.3 Å². The molecule has 1 unspecified atom stereocenters. The monoisotopic (exact) mass is 265 g/mol. The van der Waals surface area contributed by atoms with Crippen molar-refractivity contribution >= 4 is 0 Å². The largest absolute Gasteiger partial charge is 0.339 e. The molecule has 0 aromatic carbocycles. The molecule has 1 aliphatic carbocycles. The first-order valence-corrected chi connectivity index (χ1v) is 7.86. The first-order valence-electron chi connectivity index (χ1n) is 7.86. The fourth-order valence-electron chi connectivity index (χ4n) is 3.12. The van der Waals surface area contributed by atoms with Crippen LogP contribution in [0.25, 0.3) is 0 Å². The molecule has 2 N–H and O–H groups in total. The number of rotatable bonds is 8. The number of nitrogens with zero attached hydrogens (tertiary/aromatic N) is 2. The summed E-state index contributed by atoms with van der Waals surface area (Å²) in [6.07, 6.45) is 10.7. The molecule has 1 heterocycles. The third-order valence-corrected chi connectivity index (χ3v) is 4.24. The van der Waals surface area contributed by atoms with Crippen LogP contribution in [-0.4, -0.2) is 16.7 Å². The average Bonchev–Trinajstić information content (AvgIpc) is 3.07. The first-order chi connectivity index (χ1) is 9.33. The normalized spacial score (nSPS) is 18.0. The van der Waals surface area contributed by atoms with E-state index in [4.69, 9.17) is 10.3 Å². The summed E-state index contributed by atoms with van der Waals surface area (Å²) in [6, 6.07) is 0. The van der Waals surface area contributed by atoms with Crippen LogP contribution in [0.3, 0.4) is 0 Å². The quantitative estimate of drug-likeness (QED) is 0.782. The third kappa shape index (κ3) is 4.30. The van der Waals surface area contributed by atoms with E-state index >= 15 is 0 Å². The molecule has 1 saturated carbocycles. The van der Waals surface area contributed by atoms with E-state index in [0.29, 0.717) is 11.8 Å². The summed E-state index contributed by atoms with van der Waals surface area (Å²) in [4.78, 5) is 4.58. The van der Waals surface area contributed by atoms with Crippen molar-refractivity contribution in [3.05, 3.63) is 11.7 Å². The van der Waals surface area contributed by atoms with Crippen molar-refractivity contribution in [2.75, 3.05) is 6.54 Å². The molecule has 1 fully saturated rings. The van der Waals surface area contributed by atoms with Crippen LogP contribution < -0.4 is 5.73 Å². The molecular weight excluding hydrogens is 238 g/mol. The third-order valence-electron chi connectivity index (χ3n) is 4.24. The molecular formula is C15H27N3O. The van der Waals surface area contributed by atoms with Gasteiger partial charge in [-0.3, -0.25) is 0 Å². The zero-order valence-electron chi connectivity index (χ0n) is 12.1. The van der Waals surface area contributed by atoms with Gasteiger partial charge in [0.05, 0.1) is 0 Å². The number of hydrogen-bond donors (Lipinski definition) is 1. The lowest BCUT2D eigenvalue weighted by Crippen LogP contribution is -2.09. The van der Waals surface area contributed by atoms with Gasteiger partial charge in [0.15, 0.2) is 5.82 Å². The molecule has 1 aliphatic rings. The second-order valence-electron chi connectivity index (χ2n) is 5.80. The highest BCUT2D eigenvalue weighted by Gasteiger charge is 2.22. The summed E-state index contributed by atoms with van der Waals surface area (Å²) >= 11 is 0. The minimum Gasteiger partial charge on any atom is -0.339 e. The Balaban J connectivity index is 1.81. The van der Waals surface area contributed by atoms with E-state index < -0.39 is 0 Å². The minimum atomic E-state index is 0.549. The molecule has 4 heteroatoms. The van der Waals surface area contributed by atoms with Crippen molar-refractivity contribution in [2.45, 2.75) is 70.6 Å². The fourth-order valence-corrected chi connectivity index (χ4v) is 3.12. The Morgan fingerprint density at radius 2 is 2.05 bits per heavy atom. The fraction of sp³-hybridized carbons (Fsp3) is 0.867. The van der Waals surface area contributed by atoms with Crippen LogP contribution in [0.2, 0.25) is 0 Å². The predicted molar refractivity (Wildman–Crippen MR) is 75.9 cm³/mol. The van der Waals surface area contributed by atoms with Crippen LogP contribution in [0.4, 0.5) is 0 Å². The van der Waals surface area contributed by atoms with Gasteiger partial charge in [-0.2, -0.15) is 4.98 Å². The zero-order valence-corrected chi connectivity index (χ0v) is 12.1. The van der Waals surface area contributed by atoms with Crippen molar-refractivity contribution in [3.63, 3.8) is 0 Å². The lowest BCUT2D eigenvalue weighted by atomic mass is 9.94. The molecule has 1 aromatic rings. The van der Waals surface area contributed by atoms with Crippen LogP contribution in [0.15, 0.2) is 4.52 Å². The molecule has 0 saturated heterocycles. The predicted octanol–water partition coefficient (Wildman–Crippen LogP) is 3.42. The van der Waals surface area contributed by atoms with Crippen molar-refractivity contribution in [1.82, 2.24) is 10.1 Å². The second kappa shape index (κ2) is 7.63. The van der Waals surface area contributed by atoms with E-state index in [9.17, 15) is 0 Å². The molecule has 2 rings (SSSR count). The van der Waals surface area contributed by atoms with Gasteiger partial charge >= 0.3 is 0 Å². The number of aromatic nitrogens is 2. The highest BCUT2D eigenvalue weighted by molar-refractivity contribution is 4.98. The molecule has 0 aliphatic heterocycles. The summed E-state index contributed by atoms with van der Waals surface area (Å²) in [7, 11) is 0. The Morgan fingerprint density at radius 3 is 2.74 bits per heavy atom. The molecule has 0 spiro atoms. The van der Waals surface area contributed by atoms with Crippen LogP contribution in [0.5, 0.6) is 0 Å². The summed E-state index contributed by atoms with van der Waals surface area (Å²) in [5, 5.41) is 4.16. The van der Waals surface area contributed by atoms with E-state index in [-0.39, 0.29) is 0 Å². The summed E-state index contributed by atoms with van der Waals surface area (Å²) in [6.45, 7) is 3.01. The lowest BCUT2D eigenvalue weighted by Gasteiger charge is -2.13. The maximum atomic E-state index is 5.66. The van der Waals surface area contributed by atoms with E-state index in [1.807, 2.05) is 0 Å². The van der Waals surface area contributed by atoms with Gasteiger partial charge in [-0.15, -0.1) is 0 Å². The first kappa shape index (κ1) is 14.5. The summed E-state index contributed by atoms with van der Waals surface area (Å²) in [5.41, 5.74) is 5.66. The van der Waals surface area contributed by atoms with Crippen LogP contribution in [0.1, 0.15) is 75.9 Å². The Labute approximate surface area is 116 Å². The molecule has 1 atom stereocenters. The molecule has 108 valence electrons. The van der Waals surface area contributed by atoms with E-state index in [1.54, 1.807) is 0 Å². The van der Waals surface area contributed by atoms with Gasteiger partial charge in [-0.25, -0.2) is 0 Å². The maximum absolute atomic E-state index is 5.66. The molecule has 1 aromatic heterocycles. The Hall–Kier alpha value is -0.900. The Morgan fingerprint density at radius 1 is 1.26 bits per heavy atom. The molecule has 0 bridgehead atoms. The van der Waals surface area contributed by atoms with Gasteiger partial charge in [0.25, 0.3) is 0 Å². The van der Waals surface area contributed by atoms with Crippen LogP contribution >= 0.6 is 0 Å². The molecule has 19 heavy (non-hydrogen) atoms. The van der Waals surface area contributed by atoms with Gasteiger partial charge in [0, 0.05) is 12.3 Å². The summed E-state index contributed by atoms with van der Waals surface area (Å²) in [5.74, 6) is 3.02. The van der Waals surface area contributed by atoms with Crippen molar-refractivity contribution in [3.8, 4) is 0 Å². The van der Waals surface area contributed by atoms with Crippen LogP contribution in [-0.2, 0) is 6.42 Å². The average molecular weight is 265 g/mol. The standard InChI is InChI=1S/C15H27N3O/c1-2-5-12(10-11-16)8-9-14-17-15(18-19-14)13-6-3-4-7-13/h12-13H,2-11,16H2,1H3. The van der Waals surface area contributed by atoms with E-state index in [0.717, 1.165) is 37.5 Å². The number of hydrogen-bond acceptors (Lipinski definition) is 4. The Bertz CT molecular complexity index is 352. The SMILES string of the molecule is CCCC(CCN)CCc1nc(C2CCCC2)no1. The zero-order chi connectivity index (χ0) is 13.5. The maximum Gasteiger partial charge on any atom is 0.226 e. The van der Waals surface area contributed by atoms with E-state index in [2.05, 4.69) is 17.1 Å². The van der Waals surface area contributed by atoms with Crippen LogP contribution in [0, 0.1) is 5.92 Å². The van der Waals surface area contributed by atoms with Gasteiger partial charge in [-0.05, 0) is 38.1 Å². The van der Waals surface area contributed by atoms with Crippen molar-refractivity contribution in [1.29, 1.82) is 0 Å². The van der Waals surface area contributed by atoms with E-state index in [1.165, 1.54) is 38.5 Å².